The number of piperidine rings is 1. The van der Waals surface area contributed by atoms with Crippen molar-refractivity contribution >= 4 is 0 Å². The number of aromatic nitrogens is 2. The van der Waals surface area contributed by atoms with Crippen LogP contribution >= 0.6 is 0 Å². The van der Waals surface area contributed by atoms with Gasteiger partial charge in [0.2, 0.25) is 0 Å². The molecule has 0 saturated carbocycles. The van der Waals surface area contributed by atoms with Gasteiger partial charge in [0.05, 0.1) is 5.69 Å². The summed E-state index contributed by atoms with van der Waals surface area (Å²) in [6, 6.07) is 4.02. The van der Waals surface area contributed by atoms with Crippen molar-refractivity contribution in [2.45, 2.75) is 57.2 Å². The standard InChI is InChI=1S/C15H26N4/c1-10-6-14(19(3)17-10)9-15(16)11-7-12-4-5-13(8-11)18(12)2/h6,11-13,15H,4-5,7-9,16H2,1-3H3. The molecule has 0 radical (unpaired) electrons. The zero-order chi connectivity index (χ0) is 13.6. The molecule has 3 unspecified atom stereocenters. The summed E-state index contributed by atoms with van der Waals surface area (Å²) in [6.07, 6.45) is 6.27. The van der Waals surface area contributed by atoms with Gasteiger partial charge in [0.1, 0.15) is 0 Å². The van der Waals surface area contributed by atoms with E-state index in [1.165, 1.54) is 31.4 Å². The fraction of sp³-hybridized carbons (Fsp3) is 0.800. The summed E-state index contributed by atoms with van der Waals surface area (Å²) in [7, 11) is 4.31. The third kappa shape index (κ3) is 2.43. The van der Waals surface area contributed by atoms with E-state index in [0.29, 0.717) is 5.92 Å². The van der Waals surface area contributed by atoms with Gasteiger partial charge >= 0.3 is 0 Å². The number of nitrogens with two attached hydrogens (primary N) is 1. The summed E-state index contributed by atoms with van der Waals surface area (Å²) in [5, 5.41) is 4.42. The molecule has 2 saturated heterocycles. The molecule has 1 aromatic rings. The lowest BCUT2D eigenvalue weighted by atomic mass is 9.83. The Morgan fingerprint density at radius 2 is 1.95 bits per heavy atom. The van der Waals surface area contributed by atoms with Crippen molar-refractivity contribution in [3.63, 3.8) is 0 Å². The third-order valence-electron chi connectivity index (χ3n) is 5.28. The Kier molecular flexibility index (Phi) is 3.39. The Morgan fingerprint density at radius 1 is 1.32 bits per heavy atom. The molecule has 3 rings (SSSR count). The largest absolute Gasteiger partial charge is 0.327 e. The first-order valence-corrected chi connectivity index (χ1v) is 7.51. The van der Waals surface area contributed by atoms with Crippen molar-refractivity contribution in [2.75, 3.05) is 7.05 Å². The first-order chi connectivity index (χ1) is 9.04. The van der Waals surface area contributed by atoms with Gasteiger partial charge in [-0.2, -0.15) is 5.10 Å². The van der Waals surface area contributed by atoms with Crippen LogP contribution in [0.5, 0.6) is 0 Å². The Morgan fingerprint density at radius 3 is 2.47 bits per heavy atom. The summed E-state index contributed by atoms with van der Waals surface area (Å²) in [5.41, 5.74) is 8.86. The van der Waals surface area contributed by atoms with Crippen molar-refractivity contribution in [3.05, 3.63) is 17.5 Å². The van der Waals surface area contributed by atoms with Crippen molar-refractivity contribution < 1.29 is 0 Å². The maximum atomic E-state index is 6.50. The third-order valence-corrected chi connectivity index (χ3v) is 5.28. The highest BCUT2D eigenvalue weighted by atomic mass is 15.3. The molecule has 0 aromatic carbocycles. The van der Waals surface area contributed by atoms with E-state index < -0.39 is 0 Å². The second kappa shape index (κ2) is 4.91. The maximum Gasteiger partial charge on any atom is 0.0596 e. The second-order valence-electron chi connectivity index (χ2n) is 6.55. The van der Waals surface area contributed by atoms with Crippen LogP contribution in [-0.4, -0.2) is 39.9 Å². The molecular weight excluding hydrogens is 236 g/mol. The monoisotopic (exact) mass is 262 g/mol. The quantitative estimate of drug-likeness (QED) is 0.897. The first kappa shape index (κ1) is 13.1. The summed E-state index contributed by atoms with van der Waals surface area (Å²) in [5.74, 6) is 0.684. The lowest BCUT2D eigenvalue weighted by Gasteiger charge is -2.38. The van der Waals surface area contributed by atoms with Gasteiger partial charge < -0.3 is 10.6 Å². The van der Waals surface area contributed by atoms with E-state index in [9.17, 15) is 0 Å². The van der Waals surface area contributed by atoms with Gasteiger partial charge in [-0.05, 0) is 51.6 Å². The molecule has 2 N–H and O–H groups in total. The highest BCUT2D eigenvalue weighted by Gasteiger charge is 2.40. The highest BCUT2D eigenvalue weighted by Crippen LogP contribution is 2.38. The molecule has 4 heteroatoms. The fourth-order valence-corrected chi connectivity index (χ4v) is 4.07. The number of nitrogens with zero attached hydrogens (tertiary/aromatic N) is 3. The van der Waals surface area contributed by atoms with Crippen LogP contribution in [-0.2, 0) is 13.5 Å². The molecule has 106 valence electrons. The van der Waals surface area contributed by atoms with Gasteiger partial charge in [-0.25, -0.2) is 0 Å². The molecule has 2 bridgehead atoms. The lowest BCUT2D eigenvalue weighted by molar-refractivity contribution is 0.120. The number of rotatable bonds is 3. The minimum Gasteiger partial charge on any atom is -0.327 e. The van der Waals surface area contributed by atoms with Gasteiger partial charge in [0, 0.05) is 37.3 Å². The molecule has 0 spiro atoms. The Labute approximate surface area is 116 Å². The SMILES string of the molecule is Cc1cc(CC(N)C2CC3CCC(C2)N3C)n(C)n1. The van der Waals surface area contributed by atoms with E-state index in [1.54, 1.807) is 0 Å². The Hall–Kier alpha value is -0.870. The minimum absolute atomic E-state index is 0.284. The average molecular weight is 262 g/mol. The van der Waals surface area contributed by atoms with Crippen LogP contribution in [0.3, 0.4) is 0 Å². The normalized spacial score (nSPS) is 32.7. The van der Waals surface area contributed by atoms with Crippen LogP contribution in [0.2, 0.25) is 0 Å². The van der Waals surface area contributed by atoms with Crippen molar-refractivity contribution in [3.8, 4) is 0 Å². The molecule has 1 aromatic heterocycles. The molecular formula is C15H26N4. The zero-order valence-electron chi connectivity index (χ0n) is 12.3. The summed E-state index contributed by atoms with van der Waals surface area (Å²) in [4.78, 5) is 2.58. The van der Waals surface area contributed by atoms with E-state index in [1.807, 2.05) is 18.7 Å². The van der Waals surface area contributed by atoms with Crippen LogP contribution in [0.25, 0.3) is 0 Å². The number of hydrogen-bond acceptors (Lipinski definition) is 3. The molecule has 0 amide bonds. The predicted octanol–water partition coefficient (Wildman–Crippen LogP) is 1.47. The van der Waals surface area contributed by atoms with E-state index in [-0.39, 0.29) is 6.04 Å². The Balaban J connectivity index is 1.65. The first-order valence-electron chi connectivity index (χ1n) is 7.51. The summed E-state index contributed by atoms with van der Waals surface area (Å²) < 4.78 is 1.98. The molecule has 2 aliphatic heterocycles. The average Bonchev–Trinajstić information content (AvgIpc) is 2.75. The predicted molar refractivity (Wildman–Crippen MR) is 76.9 cm³/mol. The van der Waals surface area contributed by atoms with E-state index in [4.69, 9.17) is 5.73 Å². The van der Waals surface area contributed by atoms with Crippen molar-refractivity contribution in [1.82, 2.24) is 14.7 Å². The molecule has 3 heterocycles. The topological polar surface area (TPSA) is 47.1 Å². The smallest absolute Gasteiger partial charge is 0.0596 e. The molecule has 4 nitrogen and oxygen atoms in total. The molecule has 2 fully saturated rings. The Bertz CT molecular complexity index is 439. The molecule has 19 heavy (non-hydrogen) atoms. The number of fused-ring (bicyclic) bond motifs is 2. The van der Waals surface area contributed by atoms with E-state index >= 15 is 0 Å². The fourth-order valence-electron chi connectivity index (χ4n) is 4.07. The van der Waals surface area contributed by atoms with Crippen LogP contribution < -0.4 is 5.73 Å². The van der Waals surface area contributed by atoms with Crippen molar-refractivity contribution in [2.24, 2.45) is 18.7 Å². The number of aryl methyl sites for hydroxylation is 2. The van der Waals surface area contributed by atoms with Crippen LogP contribution in [0.15, 0.2) is 6.07 Å². The molecule has 2 aliphatic rings. The van der Waals surface area contributed by atoms with E-state index in [2.05, 4.69) is 23.1 Å². The summed E-state index contributed by atoms with van der Waals surface area (Å²) >= 11 is 0. The number of hydrogen-bond donors (Lipinski definition) is 1. The van der Waals surface area contributed by atoms with Crippen LogP contribution in [0, 0.1) is 12.8 Å². The van der Waals surface area contributed by atoms with Crippen LogP contribution in [0.4, 0.5) is 0 Å². The van der Waals surface area contributed by atoms with Gasteiger partial charge in [0.15, 0.2) is 0 Å². The highest BCUT2D eigenvalue weighted by molar-refractivity contribution is 5.11. The summed E-state index contributed by atoms with van der Waals surface area (Å²) in [6.45, 7) is 2.05. The van der Waals surface area contributed by atoms with Gasteiger partial charge in [-0.3, -0.25) is 4.68 Å². The van der Waals surface area contributed by atoms with Gasteiger partial charge in [-0.1, -0.05) is 0 Å². The lowest BCUT2D eigenvalue weighted by Crippen LogP contribution is -2.46. The van der Waals surface area contributed by atoms with Crippen LogP contribution in [0.1, 0.15) is 37.1 Å². The zero-order valence-corrected chi connectivity index (χ0v) is 12.3. The van der Waals surface area contributed by atoms with Crippen molar-refractivity contribution in [1.29, 1.82) is 0 Å². The molecule has 3 atom stereocenters. The minimum atomic E-state index is 0.284. The second-order valence-corrected chi connectivity index (χ2v) is 6.55. The van der Waals surface area contributed by atoms with Gasteiger partial charge in [-0.15, -0.1) is 0 Å². The molecule has 0 aliphatic carbocycles. The maximum absolute atomic E-state index is 6.50. The van der Waals surface area contributed by atoms with E-state index in [0.717, 1.165) is 24.2 Å². The van der Waals surface area contributed by atoms with Gasteiger partial charge in [0.25, 0.3) is 0 Å².